The maximum absolute atomic E-state index is 13.8. The lowest BCUT2D eigenvalue weighted by Gasteiger charge is -2.19. The molecule has 6 rings (SSSR count). The van der Waals surface area contributed by atoms with Crippen LogP contribution in [0.4, 0.5) is 19.1 Å². The van der Waals surface area contributed by atoms with Crippen molar-refractivity contribution in [3.8, 4) is 16.9 Å². The molecule has 0 spiro atoms. The summed E-state index contributed by atoms with van der Waals surface area (Å²) in [5.41, 5.74) is 2.67. The highest BCUT2D eigenvalue weighted by Gasteiger charge is 2.31. The Balaban J connectivity index is 1.34. The molecule has 4 aromatic carbocycles. The Morgan fingerprint density at radius 1 is 0.907 bits per heavy atom. The topological polar surface area (TPSA) is 82.5 Å². The van der Waals surface area contributed by atoms with Crippen LogP contribution < -0.4 is 15.6 Å². The molecule has 1 aromatic heterocycles. The summed E-state index contributed by atoms with van der Waals surface area (Å²) in [4.78, 5) is 31.6. The van der Waals surface area contributed by atoms with Gasteiger partial charge in [0.25, 0.3) is 11.5 Å². The number of hydrogen-bond donors (Lipinski definition) is 1. The first-order valence-corrected chi connectivity index (χ1v) is 13.7. The van der Waals surface area contributed by atoms with Crippen molar-refractivity contribution in [3.05, 3.63) is 125 Å². The first-order valence-electron chi connectivity index (χ1n) is 13.7. The predicted molar refractivity (Wildman–Crippen MR) is 156 cm³/mol. The van der Waals surface area contributed by atoms with E-state index >= 15 is 0 Å². The zero-order valence-corrected chi connectivity index (χ0v) is 22.8. The standard InChI is InChI=1S/C33H26F3N3O4/c34-33(35,36)43-25-14-11-21(12-15-25)24-13-17-27-28(19-24)37-32(38-30(40)23-9-5-2-6-10-23)39(31(27)41)20-26-16-18-29(42-26)22-7-3-1-4-8-22/h1-15,17,19,26,29H,16,18,20H2,(H,37,38,40)/t26-,29?/m0/s1. The number of carbonyl (C=O) groups is 1. The number of benzene rings is 4. The monoisotopic (exact) mass is 585 g/mol. The highest BCUT2D eigenvalue weighted by atomic mass is 19.4. The van der Waals surface area contributed by atoms with Crippen molar-refractivity contribution in [2.75, 3.05) is 5.32 Å². The van der Waals surface area contributed by atoms with Gasteiger partial charge in [0.15, 0.2) is 0 Å². The number of halogens is 3. The number of aromatic nitrogens is 2. The van der Waals surface area contributed by atoms with Crippen molar-refractivity contribution in [2.24, 2.45) is 0 Å². The van der Waals surface area contributed by atoms with Crippen LogP contribution in [-0.2, 0) is 11.3 Å². The number of nitrogens with zero attached hydrogens (tertiary/aromatic N) is 2. The van der Waals surface area contributed by atoms with Crippen LogP contribution >= 0.6 is 0 Å². The molecule has 218 valence electrons. The molecule has 0 saturated carbocycles. The molecule has 1 aliphatic heterocycles. The number of nitrogens with one attached hydrogen (secondary N) is 1. The Morgan fingerprint density at radius 2 is 1.58 bits per heavy atom. The first kappa shape index (κ1) is 28.2. The largest absolute Gasteiger partial charge is 0.573 e. The van der Waals surface area contributed by atoms with Gasteiger partial charge in [-0.1, -0.05) is 66.7 Å². The normalized spacial score (nSPS) is 16.7. The predicted octanol–water partition coefficient (Wildman–Crippen LogP) is 7.13. The van der Waals surface area contributed by atoms with Gasteiger partial charge in [0, 0.05) is 5.56 Å². The van der Waals surface area contributed by atoms with Crippen molar-refractivity contribution in [1.29, 1.82) is 0 Å². The van der Waals surface area contributed by atoms with E-state index in [1.54, 1.807) is 48.5 Å². The van der Waals surface area contributed by atoms with Crippen LogP contribution in [0.1, 0.15) is 34.9 Å². The lowest BCUT2D eigenvalue weighted by molar-refractivity contribution is -0.274. The summed E-state index contributed by atoms with van der Waals surface area (Å²) < 4.78 is 49.4. The molecule has 2 heterocycles. The van der Waals surface area contributed by atoms with Gasteiger partial charge in [-0.25, -0.2) is 4.98 Å². The minimum atomic E-state index is -4.79. The fraction of sp³-hybridized carbons (Fsp3) is 0.182. The van der Waals surface area contributed by atoms with Gasteiger partial charge in [0.2, 0.25) is 5.95 Å². The minimum Gasteiger partial charge on any atom is -0.406 e. The third-order valence-corrected chi connectivity index (χ3v) is 7.30. The van der Waals surface area contributed by atoms with E-state index in [9.17, 15) is 22.8 Å². The summed E-state index contributed by atoms with van der Waals surface area (Å²) in [6.45, 7) is 0.192. The Labute approximate surface area is 244 Å². The summed E-state index contributed by atoms with van der Waals surface area (Å²) in [5, 5.41) is 3.13. The fourth-order valence-corrected chi connectivity index (χ4v) is 5.23. The van der Waals surface area contributed by atoms with Crippen LogP contribution in [0.15, 0.2) is 108 Å². The summed E-state index contributed by atoms with van der Waals surface area (Å²) in [5.74, 6) is -0.691. The van der Waals surface area contributed by atoms with E-state index in [2.05, 4.69) is 15.0 Å². The second-order valence-electron chi connectivity index (χ2n) is 10.2. The molecule has 43 heavy (non-hydrogen) atoms. The summed E-state index contributed by atoms with van der Waals surface area (Å²) in [6.07, 6.45) is -3.63. The van der Waals surface area contributed by atoms with E-state index in [4.69, 9.17) is 4.74 Å². The lowest BCUT2D eigenvalue weighted by atomic mass is 10.0. The van der Waals surface area contributed by atoms with E-state index in [0.29, 0.717) is 27.6 Å². The first-order chi connectivity index (χ1) is 20.7. The number of anilines is 1. The van der Waals surface area contributed by atoms with E-state index in [1.165, 1.54) is 28.8 Å². The number of ether oxygens (including phenoxy) is 2. The molecule has 0 aliphatic carbocycles. The molecular weight excluding hydrogens is 559 g/mol. The molecule has 5 aromatic rings. The number of carbonyl (C=O) groups excluding carboxylic acids is 1. The molecule has 1 fully saturated rings. The van der Waals surface area contributed by atoms with Crippen LogP contribution in [0.25, 0.3) is 22.0 Å². The maximum atomic E-state index is 13.8. The fourth-order valence-electron chi connectivity index (χ4n) is 5.23. The van der Waals surface area contributed by atoms with Gasteiger partial charge in [-0.15, -0.1) is 13.2 Å². The molecule has 0 radical (unpaired) electrons. The molecule has 1 amide bonds. The summed E-state index contributed by atoms with van der Waals surface area (Å²) >= 11 is 0. The van der Waals surface area contributed by atoms with E-state index < -0.39 is 12.3 Å². The van der Waals surface area contributed by atoms with Crippen LogP contribution in [0.3, 0.4) is 0 Å². The van der Waals surface area contributed by atoms with Crippen molar-refractivity contribution >= 4 is 22.8 Å². The second kappa shape index (κ2) is 11.7. The molecule has 1 N–H and O–H groups in total. The summed E-state index contributed by atoms with van der Waals surface area (Å²) in [7, 11) is 0. The highest BCUT2D eigenvalue weighted by Crippen LogP contribution is 2.34. The Kier molecular flexibility index (Phi) is 7.69. The molecule has 1 unspecified atom stereocenters. The van der Waals surface area contributed by atoms with Gasteiger partial charge in [0.1, 0.15) is 5.75 Å². The van der Waals surface area contributed by atoms with Crippen LogP contribution in [0, 0.1) is 0 Å². The molecule has 1 saturated heterocycles. The zero-order chi connectivity index (χ0) is 30.0. The number of alkyl halides is 3. The van der Waals surface area contributed by atoms with Crippen LogP contribution in [-0.4, -0.2) is 27.9 Å². The smallest absolute Gasteiger partial charge is 0.406 e. The molecule has 10 heteroatoms. The van der Waals surface area contributed by atoms with Gasteiger partial charge < -0.3 is 9.47 Å². The van der Waals surface area contributed by atoms with E-state index in [1.807, 2.05) is 30.3 Å². The average molecular weight is 586 g/mol. The average Bonchev–Trinajstić information content (AvgIpc) is 3.48. The van der Waals surface area contributed by atoms with Gasteiger partial charge in [-0.3, -0.25) is 19.5 Å². The molecular formula is C33H26F3N3O4. The summed E-state index contributed by atoms with van der Waals surface area (Å²) in [6, 6.07) is 28.9. The van der Waals surface area contributed by atoms with Gasteiger partial charge >= 0.3 is 6.36 Å². The van der Waals surface area contributed by atoms with E-state index in [0.717, 1.165) is 18.4 Å². The van der Waals surface area contributed by atoms with Crippen molar-refractivity contribution in [2.45, 2.75) is 38.0 Å². The molecule has 1 aliphatic rings. The maximum Gasteiger partial charge on any atom is 0.573 e. The number of amides is 1. The van der Waals surface area contributed by atoms with E-state index in [-0.39, 0.29) is 36.0 Å². The molecule has 2 atom stereocenters. The zero-order valence-electron chi connectivity index (χ0n) is 22.8. The van der Waals surface area contributed by atoms with Crippen LogP contribution in [0.5, 0.6) is 5.75 Å². The highest BCUT2D eigenvalue weighted by molar-refractivity contribution is 6.03. The Bertz CT molecular complexity index is 1810. The molecule has 0 bridgehead atoms. The number of fused-ring (bicyclic) bond motifs is 1. The van der Waals surface area contributed by atoms with Gasteiger partial charge in [0.05, 0.1) is 29.7 Å². The van der Waals surface area contributed by atoms with Crippen molar-refractivity contribution in [1.82, 2.24) is 9.55 Å². The number of rotatable bonds is 7. The molecule has 7 nitrogen and oxygen atoms in total. The number of hydrogen-bond acceptors (Lipinski definition) is 5. The quantitative estimate of drug-likeness (QED) is 0.220. The Hall–Kier alpha value is -4.96. The van der Waals surface area contributed by atoms with Gasteiger partial charge in [-0.2, -0.15) is 0 Å². The lowest BCUT2D eigenvalue weighted by Crippen LogP contribution is -2.31. The Morgan fingerprint density at radius 3 is 2.28 bits per heavy atom. The second-order valence-corrected chi connectivity index (χ2v) is 10.2. The third kappa shape index (κ3) is 6.44. The van der Waals surface area contributed by atoms with Crippen molar-refractivity contribution in [3.63, 3.8) is 0 Å². The van der Waals surface area contributed by atoms with Crippen LogP contribution in [0.2, 0.25) is 0 Å². The minimum absolute atomic E-state index is 0.0733. The third-order valence-electron chi connectivity index (χ3n) is 7.30. The van der Waals surface area contributed by atoms with Crippen molar-refractivity contribution < 1.29 is 27.4 Å². The van der Waals surface area contributed by atoms with Gasteiger partial charge in [-0.05, 0) is 65.9 Å². The SMILES string of the molecule is O=C(Nc1nc2cc(-c3ccc(OC(F)(F)F)cc3)ccc2c(=O)n1C[C@@H]1CCC(c2ccccc2)O1)c1ccccc1.